The van der Waals surface area contributed by atoms with Crippen LogP contribution in [0.3, 0.4) is 0 Å². The number of allylic oxidation sites excluding steroid dienone is 1. The fraction of sp³-hybridized carbons (Fsp3) is 0.667. The van der Waals surface area contributed by atoms with Crippen LogP contribution in [0, 0.1) is 0 Å². The second-order valence-electron chi connectivity index (χ2n) is 4.52. The number of carbonyl (C=O) groups is 2. The van der Waals surface area contributed by atoms with Gasteiger partial charge in [0.2, 0.25) is 5.91 Å². The molecule has 5 heteroatoms. The van der Waals surface area contributed by atoms with E-state index in [-0.39, 0.29) is 11.9 Å². The maximum atomic E-state index is 11.8. The average molecular weight is 239 g/mol. The molecule has 0 saturated carbocycles. The first-order chi connectivity index (χ1) is 8.16. The van der Waals surface area contributed by atoms with Gasteiger partial charge in [-0.3, -0.25) is 4.79 Å². The Balaban J connectivity index is 1.80. The van der Waals surface area contributed by atoms with E-state index in [0.717, 1.165) is 19.3 Å². The molecule has 0 spiro atoms. The van der Waals surface area contributed by atoms with E-state index in [1.165, 1.54) is 0 Å². The van der Waals surface area contributed by atoms with Gasteiger partial charge in [0.05, 0.1) is 0 Å². The first kappa shape index (κ1) is 12.1. The largest absolute Gasteiger partial charge is 0.479 e. The lowest BCUT2D eigenvalue weighted by Crippen LogP contribution is -2.42. The highest BCUT2D eigenvalue weighted by Gasteiger charge is 2.35. The average Bonchev–Trinajstić information content (AvgIpc) is 2.79. The third-order valence-electron chi connectivity index (χ3n) is 3.20. The number of carboxylic acids is 1. The molecule has 0 radical (unpaired) electrons. The number of amides is 1. The van der Waals surface area contributed by atoms with Gasteiger partial charge in [0, 0.05) is 6.04 Å². The minimum absolute atomic E-state index is 0.167. The van der Waals surface area contributed by atoms with Crippen molar-refractivity contribution in [2.75, 3.05) is 0 Å². The summed E-state index contributed by atoms with van der Waals surface area (Å²) in [6, 6.07) is 0.167. The minimum atomic E-state index is -0.985. The van der Waals surface area contributed by atoms with Gasteiger partial charge in [0.25, 0.3) is 0 Å². The van der Waals surface area contributed by atoms with Gasteiger partial charge in [-0.2, -0.15) is 0 Å². The van der Waals surface area contributed by atoms with Crippen molar-refractivity contribution in [3.05, 3.63) is 12.2 Å². The van der Waals surface area contributed by atoms with Crippen molar-refractivity contribution < 1.29 is 19.4 Å². The molecule has 0 aromatic rings. The molecule has 94 valence electrons. The van der Waals surface area contributed by atoms with Crippen LogP contribution in [0.4, 0.5) is 0 Å². The summed E-state index contributed by atoms with van der Waals surface area (Å²) in [5, 5.41) is 11.7. The second-order valence-corrected chi connectivity index (χ2v) is 4.52. The zero-order valence-electron chi connectivity index (χ0n) is 9.59. The Bertz CT molecular complexity index is 339. The SMILES string of the molecule is O=C(NC1CC=CCC1)[C@@H]1CC[C@H](C(=O)O)O1. The summed E-state index contributed by atoms with van der Waals surface area (Å²) < 4.78 is 5.20. The Morgan fingerprint density at radius 2 is 1.94 bits per heavy atom. The molecule has 1 aliphatic heterocycles. The summed E-state index contributed by atoms with van der Waals surface area (Å²) >= 11 is 0. The van der Waals surface area contributed by atoms with Crippen LogP contribution in [0.25, 0.3) is 0 Å². The Labute approximate surface area is 99.8 Å². The summed E-state index contributed by atoms with van der Waals surface area (Å²) in [6.45, 7) is 0. The molecular formula is C12H17NO4. The molecule has 5 nitrogen and oxygen atoms in total. The minimum Gasteiger partial charge on any atom is -0.479 e. The summed E-state index contributed by atoms with van der Waals surface area (Å²) in [5.74, 6) is -1.16. The van der Waals surface area contributed by atoms with Crippen LogP contribution in [0.5, 0.6) is 0 Å². The molecule has 1 amide bonds. The molecule has 17 heavy (non-hydrogen) atoms. The number of hydrogen-bond acceptors (Lipinski definition) is 3. The van der Waals surface area contributed by atoms with Gasteiger partial charge in [0.15, 0.2) is 6.10 Å². The molecule has 1 fully saturated rings. The zero-order valence-corrected chi connectivity index (χ0v) is 9.59. The number of rotatable bonds is 3. The van der Waals surface area contributed by atoms with Crippen LogP contribution in [-0.4, -0.2) is 35.2 Å². The van der Waals surface area contributed by atoms with Crippen molar-refractivity contribution >= 4 is 11.9 Å². The Hall–Kier alpha value is -1.36. The molecule has 3 atom stereocenters. The van der Waals surface area contributed by atoms with Crippen LogP contribution in [-0.2, 0) is 14.3 Å². The number of hydrogen-bond donors (Lipinski definition) is 2. The van der Waals surface area contributed by atoms with Crippen LogP contribution in [0.1, 0.15) is 32.1 Å². The normalized spacial score (nSPS) is 32.4. The monoisotopic (exact) mass is 239 g/mol. The fourth-order valence-electron chi connectivity index (χ4n) is 2.23. The van der Waals surface area contributed by atoms with E-state index >= 15 is 0 Å². The van der Waals surface area contributed by atoms with Gasteiger partial charge in [-0.05, 0) is 32.1 Å². The molecule has 1 unspecified atom stereocenters. The molecule has 2 rings (SSSR count). The molecule has 1 aliphatic carbocycles. The number of carboxylic acid groups (broad SMARTS) is 1. The highest BCUT2D eigenvalue weighted by atomic mass is 16.5. The van der Waals surface area contributed by atoms with Crippen molar-refractivity contribution in [1.82, 2.24) is 5.32 Å². The number of aliphatic carboxylic acids is 1. The topological polar surface area (TPSA) is 75.6 Å². The third-order valence-corrected chi connectivity index (χ3v) is 3.20. The molecule has 2 N–H and O–H groups in total. The molecule has 1 heterocycles. The van der Waals surface area contributed by atoms with Crippen molar-refractivity contribution in [2.45, 2.75) is 50.4 Å². The number of nitrogens with one attached hydrogen (secondary N) is 1. The van der Waals surface area contributed by atoms with Gasteiger partial charge < -0.3 is 15.2 Å². The predicted octanol–water partition coefficient (Wildman–Crippen LogP) is 0.843. The maximum Gasteiger partial charge on any atom is 0.332 e. The third kappa shape index (κ3) is 3.06. The Morgan fingerprint density at radius 3 is 2.53 bits per heavy atom. The van der Waals surface area contributed by atoms with E-state index in [1.807, 2.05) is 0 Å². The summed E-state index contributed by atoms with van der Waals surface area (Å²) in [5.41, 5.74) is 0. The Kier molecular flexibility index (Phi) is 3.78. The van der Waals surface area contributed by atoms with Crippen molar-refractivity contribution in [3.63, 3.8) is 0 Å². The number of carbonyl (C=O) groups excluding carboxylic acids is 1. The standard InChI is InChI=1S/C12H17NO4/c14-11(13-8-4-2-1-3-5-8)9-6-7-10(17-9)12(15)16/h1-2,8-10H,3-7H2,(H,13,14)(H,15,16)/t8?,9-,10+/m0/s1. The summed E-state index contributed by atoms with van der Waals surface area (Å²) in [6.07, 6.45) is 6.42. The first-order valence-corrected chi connectivity index (χ1v) is 6.00. The van der Waals surface area contributed by atoms with E-state index in [0.29, 0.717) is 12.8 Å². The van der Waals surface area contributed by atoms with E-state index in [2.05, 4.69) is 17.5 Å². The van der Waals surface area contributed by atoms with E-state index in [4.69, 9.17) is 9.84 Å². The van der Waals surface area contributed by atoms with Crippen LogP contribution in [0.15, 0.2) is 12.2 Å². The maximum absolute atomic E-state index is 11.8. The lowest BCUT2D eigenvalue weighted by molar-refractivity contribution is -0.151. The summed E-state index contributed by atoms with van der Waals surface area (Å²) in [7, 11) is 0. The van der Waals surface area contributed by atoms with Crippen LogP contribution >= 0.6 is 0 Å². The molecule has 1 saturated heterocycles. The quantitative estimate of drug-likeness (QED) is 0.716. The highest BCUT2D eigenvalue weighted by molar-refractivity contribution is 5.82. The van der Waals surface area contributed by atoms with Crippen molar-refractivity contribution in [2.24, 2.45) is 0 Å². The lowest BCUT2D eigenvalue weighted by atomic mass is 10.0. The van der Waals surface area contributed by atoms with Crippen LogP contribution in [0.2, 0.25) is 0 Å². The summed E-state index contributed by atoms with van der Waals surface area (Å²) in [4.78, 5) is 22.5. The fourth-order valence-corrected chi connectivity index (χ4v) is 2.23. The van der Waals surface area contributed by atoms with Gasteiger partial charge >= 0.3 is 5.97 Å². The smallest absolute Gasteiger partial charge is 0.332 e. The van der Waals surface area contributed by atoms with E-state index in [1.54, 1.807) is 0 Å². The van der Waals surface area contributed by atoms with Gasteiger partial charge in [0.1, 0.15) is 6.10 Å². The van der Waals surface area contributed by atoms with Crippen LogP contribution < -0.4 is 5.32 Å². The molecule has 0 aromatic heterocycles. The number of ether oxygens (including phenoxy) is 1. The molecule has 2 aliphatic rings. The van der Waals surface area contributed by atoms with Crippen molar-refractivity contribution in [1.29, 1.82) is 0 Å². The van der Waals surface area contributed by atoms with Gasteiger partial charge in [-0.1, -0.05) is 12.2 Å². The molecule has 0 bridgehead atoms. The molecular weight excluding hydrogens is 222 g/mol. The molecule has 0 aromatic carbocycles. The second kappa shape index (κ2) is 5.31. The van der Waals surface area contributed by atoms with Crippen molar-refractivity contribution in [3.8, 4) is 0 Å². The van der Waals surface area contributed by atoms with E-state index in [9.17, 15) is 9.59 Å². The predicted molar refractivity (Wildman–Crippen MR) is 60.5 cm³/mol. The van der Waals surface area contributed by atoms with E-state index < -0.39 is 18.2 Å². The highest BCUT2D eigenvalue weighted by Crippen LogP contribution is 2.20. The first-order valence-electron chi connectivity index (χ1n) is 6.00. The zero-order chi connectivity index (χ0) is 12.3. The van der Waals surface area contributed by atoms with Gasteiger partial charge in [-0.25, -0.2) is 4.79 Å². The van der Waals surface area contributed by atoms with Gasteiger partial charge in [-0.15, -0.1) is 0 Å². The Morgan fingerprint density at radius 1 is 1.18 bits per heavy atom. The lowest BCUT2D eigenvalue weighted by Gasteiger charge is -2.21.